The summed E-state index contributed by atoms with van der Waals surface area (Å²) in [5.41, 5.74) is 5.02. The van der Waals surface area contributed by atoms with E-state index in [0.29, 0.717) is 10.9 Å². The number of nitrogens with two attached hydrogens (primary N) is 1. The SMILES string of the molecule is Nc1nc(=O)n([C@H]2CC(S)[C@@H](CO)O2)cc1Br. The molecule has 0 bridgehead atoms. The van der Waals surface area contributed by atoms with E-state index in [1.807, 2.05) is 0 Å². The van der Waals surface area contributed by atoms with E-state index in [1.54, 1.807) is 0 Å². The molecule has 0 radical (unpaired) electrons. The summed E-state index contributed by atoms with van der Waals surface area (Å²) in [7, 11) is 0. The summed E-state index contributed by atoms with van der Waals surface area (Å²) in [6.07, 6.45) is 1.24. The minimum Gasteiger partial charge on any atom is -0.394 e. The Morgan fingerprint density at radius 3 is 3.06 bits per heavy atom. The lowest BCUT2D eigenvalue weighted by Gasteiger charge is -2.15. The molecule has 0 saturated carbocycles. The second-order valence-electron chi connectivity index (χ2n) is 3.78. The summed E-state index contributed by atoms with van der Waals surface area (Å²) < 4.78 is 7.40. The van der Waals surface area contributed by atoms with Gasteiger partial charge in [0, 0.05) is 17.9 Å². The van der Waals surface area contributed by atoms with E-state index < -0.39 is 11.9 Å². The lowest BCUT2D eigenvalue weighted by atomic mass is 10.2. The quantitative estimate of drug-likeness (QED) is 0.675. The summed E-state index contributed by atoms with van der Waals surface area (Å²) >= 11 is 7.50. The fourth-order valence-corrected chi connectivity index (χ4v) is 2.37. The maximum Gasteiger partial charge on any atom is 0.351 e. The van der Waals surface area contributed by atoms with Crippen molar-refractivity contribution < 1.29 is 9.84 Å². The minimum atomic E-state index is -0.477. The van der Waals surface area contributed by atoms with Crippen molar-refractivity contribution in [2.24, 2.45) is 0 Å². The van der Waals surface area contributed by atoms with Crippen LogP contribution in [0.4, 0.5) is 5.82 Å². The van der Waals surface area contributed by atoms with Crippen LogP contribution in [0.5, 0.6) is 0 Å². The van der Waals surface area contributed by atoms with Gasteiger partial charge in [-0.05, 0) is 15.9 Å². The number of ether oxygens (including phenoxy) is 1. The molecule has 3 N–H and O–H groups in total. The molecule has 6 nitrogen and oxygen atoms in total. The van der Waals surface area contributed by atoms with Crippen LogP contribution < -0.4 is 11.4 Å². The Morgan fingerprint density at radius 2 is 2.47 bits per heavy atom. The van der Waals surface area contributed by atoms with Crippen molar-refractivity contribution in [3.8, 4) is 0 Å². The topological polar surface area (TPSA) is 90.4 Å². The van der Waals surface area contributed by atoms with Crippen LogP contribution >= 0.6 is 28.6 Å². The predicted molar refractivity (Wildman–Crippen MR) is 69.0 cm³/mol. The molecule has 2 rings (SSSR count). The number of thiol groups is 1. The molecule has 1 aliphatic rings. The van der Waals surface area contributed by atoms with Gasteiger partial charge in [-0.2, -0.15) is 17.6 Å². The van der Waals surface area contributed by atoms with Crippen molar-refractivity contribution in [3.05, 3.63) is 21.2 Å². The molecule has 17 heavy (non-hydrogen) atoms. The van der Waals surface area contributed by atoms with Crippen LogP contribution in [0.3, 0.4) is 0 Å². The van der Waals surface area contributed by atoms with E-state index in [4.69, 9.17) is 15.6 Å². The van der Waals surface area contributed by atoms with Gasteiger partial charge in [0.15, 0.2) is 0 Å². The van der Waals surface area contributed by atoms with Crippen LogP contribution in [-0.4, -0.2) is 32.6 Å². The minimum absolute atomic E-state index is 0.103. The Labute approximate surface area is 111 Å². The van der Waals surface area contributed by atoms with Crippen molar-refractivity contribution in [2.45, 2.75) is 24.0 Å². The highest BCUT2D eigenvalue weighted by Gasteiger charge is 2.34. The number of nitrogen functional groups attached to an aromatic ring is 1. The van der Waals surface area contributed by atoms with Gasteiger partial charge in [0.05, 0.1) is 17.2 Å². The fraction of sp³-hybridized carbons (Fsp3) is 0.556. The molecule has 1 fully saturated rings. The largest absolute Gasteiger partial charge is 0.394 e. The average Bonchev–Trinajstić information content (AvgIpc) is 2.65. The van der Waals surface area contributed by atoms with E-state index in [9.17, 15) is 4.79 Å². The summed E-state index contributed by atoms with van der Waals surface area (Å²) in [5, 5.41) is 8.96. The van der Waals surface area contributed by atoms with Crippen LogP contribution in [0.15, 0.2) is 15.5 Å². The first kappa shape index (κ1) is 12.9. The van der Waals surface area contributed by atoms with Gasteiger partial charge in [-0.25, -0.2) is 4.79 Å². The summed E-state index contributed by atoms with van der Waals surface area (Å²) in [5.74, 6) is 0.144. The Bertz CT molecular complexity index is 481. The number of halogens is 1. The molecular formula is C9H12BrN3O3S. The first-order valence-corrected chi connectivity index (χ1v) is 6.32. The van der Waals surface area contributed by atoms with Crippen molar-refractivity contribution >= 4 is 34.4 Å². The molecule has 1 saturated heterocycles. The van der Waals surface area contributed by atoms with E-state index in [2.05, 4.69) is 33.5 Å². The number of anilines is 1. The maximum atomic E-state index is 11.7. The van der Waals surface area contributed by atoms with Gasteiger partial charge >= 0.3 is 5.69 Å². The fourth-order valence-electron chi connectivity index (χ4n) is 1.71. The van der Waals surface area contributed by atoms with Crippen LogP contribution in [0.2, 0.25) is 0 Å². The Kier molecular flexibility index (Phi) is 3.76. The zero-order valence-electron chi connectivity index (χ0n) is 8.78. The third-order valence-electron chi connectivity index (χ3n) is 2.63. The molecule has 2 heterocycles. The number of rotatable bonds is 2. The van der Waals surface area contributed by atoms with Crippen molar-refractivity contribution in [1.82, 2.24) is 9.55 Å². The molecular weight excluding hydrogens is 310 g/mol. The highest BCUT2D eigenvalue weighted by molar-refractivity contribution is 9.10. The molecule has 94 valence electrons. The predicted octanol–water partition coefficient (Wildman–Crippen LogP) is 0.166. The molecule has 0 aromatic carbocycles. The molecule has 0 aliphatic carbocycles. The molecule has 1 unspecified atom stereocenters. The molecule has 1 aliphatic heterocycles. The second-order valence-corrected chi connectivity index (χ2v) is 5.30. The van der Waals surface area contributed by atoms with E-state index >= 15 is 0 Å². The summed E-state index contributed by atoms with van der Waals surface area (Å²) in [4.78, 5) is 15.3. The Balaban J connectivity index is 2.30. The number of hydrogen-bond acceptors (Lipinski definition) is 6. The van der Waals surface area contributed by atoms with Gasteiger partial charge in [-0.15, -0.1) is 0 Å². The monoisotopic (exact) mass is 321 g/mol. The first-order valence-electron chi connectivity index (χ1n) is 5.01. The average molecular weight is 322 g/mol. The van der Waals surface area contributed by atoms with Gasteiger partial charge in [0.2, 0.25) is 0 Å². The molecule has 3 atom stereocenters. The Hall–Kier alpha value is -0.570. The van der Waals surface area contributed by atoms with Crippen LogP contribution in [0, 0.1) is 0 Å². The highest BCUT2D eigenvalue weighted by Crippen LogP contribution is 2.31. The molecule has 0 amide bonds. The molecule has 8 heteroatoms. The highest BCUT2D eigenvalue weighted by atomic mass is 79.9. The standard InChI is InChI=1S/C9H12BrN3O3S/c10-4-2-13(9(15)12-8(4)11)7-1-6(17)5(3-14)16-7/h2,5-7,14,17H,1,3H2,(H2,11,12,15)/t5-,6?,7-/m1/s1. The van der Waals surface area contributed by atoms with Crippen LogP contribution in [0.1, 0.15) is 12.6 Å². The molecule has 1 aromatic heterocycles. The lowest BCUT2D eigenvalue weighted by Crippen LogP contribution is -2.28. The van der Waals surface area contributed by atoms with Crippen LogP contribution in [-0.2, 0) is 4.74 Å². The van der Waals surface area contributed by atoms with Crippen molar-refractivity contribution in [2.75, 3.05) is 12.3 Å². The third-order valence-corrected chi connectivity index (χ3v) is 3.78. The van der Waals surface area contributed by atoms with E-state index in [1.165, 1.54) is 10.8 Å². The van der Waals surface area contributed by atoms with Crippen LogP contribution in [0.25, 0.3) is 0 Å². The summed E-state index contributed by atoms with van der Waals surface area (Å²) in [6, 6.07) is 0. The third kappa shape index (κ3) is 2.49. The van der Waals surface area contributed by atoms with Gasteiger partial charge in [-0.1, -0.05) is 0 Å². The maximum absolute atomic E-state index is 11.7. The Morgan fingerprint density at radius 1 is 1.76 bits per heavy atom. The van der Waals surface area contributed by atoms with Crippen molar-refractivity contribution in [1.29, 1.82) is 0 Å². The van der Waals surface area contributed by atoms with Gasteiger partial charge < -0.3 is 15.6 Å². The second kappa shape index (κ2) is 4.97. The van der Waals surface area contributed by atoms with Gasteiger partial charge in [-0.3, -0.25) is 4.57 Å². The van der Waals surface area contributed by atoms with E-state index in [-0.39, 0.29) is 23.8 Å². The molecule has 1 aromatic rings. The number of hydrogen-bond donors (Lipinski definition) is 3. The summed E-state index contributed by atoms with van der Waals surface area (Å²) in [6.45, 7) is -0.122. The smallest absolute Gasteiger partial charge is 0.351 e. The molecule has 0 spiro atoms. The van der Waals surface area contributed by atoms with Crippen molar-refractivity contribution in [3.63, 3.8) is 0 Å². The number of aromatic nitrogens is 2. The normalized spacial score (nSPS) is 28.5. The number of aliphatic hydroxyl groups is 1. The number of aliphatic hydroxyl groups excluding tert-OH is 1. The van der Waals surface area contributed by atoms with Gasteiger partial charge in [0.1, 0.15) is 12.0 Å². The first-order chi connectivity index (χ1) is 8.02. The zero-order valence-corrected chi connectivity index (χ0v) is 11.3. The lowest BCUT2D eigenvalue weighted by molar-refractivity contribution is -0.0236. The number of nitrogens with zero attached hydrogens (tertiary/aromatic N) is 2. The zero-order chi connectivity index (χ0) is 12.6. The van der Waals surface area contributed by atoms with E-state index in [0.717, 1.165) is 0 Å². The van der Waals surface area contributed by atoms with Gasteiger partial charge in [0.25, 0.3) is 0 Å².